The summed E-state index contributed by atoms with van der Waals surface area (Å²) >= 11 is 0. The fourth-order valence-corrected chi connectivity index (χ4v) is 1.40. The van der Waals surface area contributed by atoms with Crippen LogP contribution in [-0.4, -0.2) is 16.6 Å². The van der Waals surface area contributed by atoms with Gasteiger partial charge in [-0.05, 0) is 25.1 Å². The number of anilines is 1. The highest BCUT2D eigenvalue weighted by molar-refractivity contribution is 5.79. The maximum Gasteiger partial charge on any atom is 0.104 e. The number of hydrogen-bond donors (Lipinski definition) is 4. The molecular weight excluding hydrogens is 178 g/mol. The van der Waals surface area contributed by atoms with Crippen molar-refractivity contribution < 1.29 is 0 Å². The summed E-state index contributed by atoms with van der Waals surface area (Å²) in [6.45, 7) is 2.48. The van der Waals surface area contributed by atoms with Crippen LogP contribution in [0.25, 0.3) is 11.0 Å². The molecule has 14 heavy (non-hydrogen) atoms. The van der Waals surface area contributed by atoms with Gasteiger partial charge in [-0.3, -0.25) is 5.84 Å². The zero-order valence-electron chi connectivity index (χ0n) is 7.96. The van der Waals surface area contributed by atoms with E-state index in [0.717, 1.165) is 22.5 Å². The first kappa shape index (κ1) is 8.98. The number of hydrogen-bond acceptors (Lipinski definition) is 4. The molecule has 0 spiro atoms. The second kappa shape index (κ2) is 3.65. The van der Waals surface area contributed by atoms with E-state index in [0.29, 0.717) is 6.67 Å². The average Bonchev–Trinajstić information content (AvgIpc) is 2.54. The third-order valence-electron chi connectivity index (χ3n) is 1.99. The van der Waals surface area contributed by atoms with E-state index < -0.39 is 0 Å². The highest BCUT2D eigenvalue weighted by atomic mass is 15.3. The van der Waals surface area contributed by atoms with Crippen LogP contribution in [0.15, 0.2) is 18.2 Å². The Balaban J connectivity index is 2.31. The first-order chi connectivity index (χ1) is 6.79. The third-order valence-corrected chi connectivity index (χ3v) is 1.99. The minimum Gasteiger partial charge on any atom is -0.371 e. The molecule has 5 N–H and O–H groups in total. The Morgan fingerprint density at radius 2 is 2.36 bits per heavy atom. The van der Waals surface area contributed by atoms with Gasteiger partial charge in [-0.2, -0.15) is 0 Å². The molecular formula is C9H13N5. The molecule has 2 rings (SSSR count). The smallest absolute Gasteiger partial charge is 0.104 e. The van der Waals surface area contributed by atoms with E-state index in [1.807, 2.05) is 25.1 Å². The van der Waals surface area contributed by atoms with E-state index in [4.69, 9.17) is 5.84 Å². The highest BCUT2D eigenvalue weighted by Crippen LogP contribution is 2.16. The van der Waals surface area contributed by atoms with Gasteiger partial charge >= 0.3 is 0 Å². The van der Waals surface area contributed by atoms with Crippen molar-refractivity contribution in [1.82, 2.24) is 15.4 Å². The second-order valence-corrected chi connectivity index (χ2v) is 3.11. The molecule has 74 valence electrons. The van der Waals surface area contributed by atoms with Crippen molar-refractivity contribution in [1.29, 1.82) is 0 Å². The van der Waals surface area contributed by atoms with Crippen LogP contribution in [0.1, 0.15) is 5.82 Å². The fraction of sp³-hybridized carbons (Fsp3) is 0.222. The molecule has 1 heterocycles. The van der Waals surface area contributed by atoms with Crippen molar-refractivity contribution in [2.45, 2.75) is 6.92 Å². The quantitative estimate of drug-likeness (QED) is 0.327. The Hall–Kier alpha value is -1.59. The minimum atomic E-state index is 0.540. The van der Waals surface area contributed by atoms with Crippen molar-refractivity contribution in [3.63, 3.8) is 0 Å². The summed E-state index contributed by atoms with van der Waals surface area (Å²) in [5, 5.41) is 3.11. The number of imidazole rings is 1. The molecule has 0 unspecified atom stereocenters. The van der Waals surface area contributed by atoms with Gasteiger partial charge < -0.3 is 10.3 Å². The summed E-state index contributed by atoms with van der Waals surface area (Å²) < 4.78 is 0. The van der Waals surface area contributed by atoms with Crippen LogP contribution in [-0.2, 0) is 0 Å². The van der Waals surface area contributed by atoms with Crippen molar-refractivity contribution >= 4 is 16.7 Å². The van der Waals surface area contributed by atoms with Crippen LogP contribution in [0.2, 0.25) is 0 Å². The van der Waals surface area contributed by atoms with E-state index in [1.165, 1.54) is 0 Å². The number of aromatic amines is 1. The molecule has 0 saturated heterocycles. The van der Waals surface area contributed by atoms with Crippen LogP contribution in [0.3, 0.4) is 0 Å². The number of nitrogens with one attached hydrogen (secondary N) is 3. The molecule has 0 radical (unpaired) electrons. The predicted molar refractivity (Wildman–Crippen MR) is 56.6 cm³/mol. The summed E-state index contributed by atoms with van der Waals surface area (Å²) in [5.74, 6) is 6.09. The van der Waals surface area contributed by atoms with Crippen LogP contribution < -0.4 is 16.6 Å². The van der Waals surface area contributed by atoms with Crippen LogP contribution in [0, 0.1) is 6.92 Å². The summed E-state index contributed by atoms with van der Waals surface area (Å²) in [7, 11) is 0. The highest BCUT2D eigenvalue weighted by Gasteiger charge is 1.99. The summed E-state index contributed by atoms with van der Waals surface area (Å²) in [6.07, 6.45) is 0. The van der Waals surface area contributed by atoms with Gasteiger partial charge in [0.15, 0.2) is 0 Å². The first-order valence-electron chi connectivity index (χ1n) is 4.43. The summed E-state index contributed by atoms with van der Waals surface area (Å²) in [4.78, 5) is 7.48. The van der Waals surface area contributed by atoms with E-state index in [-0.39, 0.29) is 0 Å². The SMILES string of the molecule is Cc1nc2ccc(NCNN)cc2[nH]1. The molecule has 2 aromatic rings. The lowest BCUT2D eigenvalue weighted by Gasteiger charge is -2.03. The molecule has 1 aromatic carbocycles. The lowest BCUT2D eigenvalue weighted by atomic mass is 10.3. The standard InChI is InChI=1S/C9H13N5/c1-6-13-8-3-2-7(11-5-12-10)4-9(8)14-6/h2-4,11-12H,5,10H2,1H3,(H,13,14). The number of nitrogens with zero attached hydrogens (tertiary/aromatic N) is 1. The fourth-order valence-electron chi connectivity index (χ4n) is 1.40. The molecule has 0 atom stereocenters. The van der Waals surface area contributed by atoms with Crippen molar-refractivity contribution in [2.24, 2.45) is 5.84 Å². The van der Waals surface area contributed by atoms with Crippen LogP contribution >= 0.6 is 0 Å². The number of benzene rings is 1. The van der Waals surface area contributed by atoms with E-state index in [2.05, 4.69) is 20.7 Å². The molecule has 5 heteroatoms. The number of fused-ring (bicyclic) bond motifs is 1. The van der Waals surface area contributed by atoms with E-state index in [9.17, 15) is 0 Å². The number of rotatable bonds is 3. The van der Waals surface area contributed by atoms with Gasteiger partial charge in [0.2, 0.25) is 0 Å². The predicted octanol–water partition coefficient (Wildman–Crippen LogP) is 0.704. The molecule has 1 aromatic heterocycles. The lowest BCUT2D eigenvalue weighted by molar-refractivity contribution is 0.790. The molecule has 0 bridgehead atoms. The monoisotopic (exact) mass is 191 g/mol. The molecule has 0 aliphatic carbocycles. The van der Waals surface area contributed by atoms with Crippen molar-refractivity contribution in [2.75, 3.05) is 12.0 Å². The number of aromatic nitrogens is 2. The van der Waals surface area contributed by atoms with Gasteiger partial charge in [0.25, 0.3) is 0 Å². The van der Waals surface area contributed by atoms with Gasteiger partial charge in [0.1, 0.15) is 5.82 Å². The Kier molecular flexibility index (Phi) is 2.34. The van der Waals surface area contributed by atoms with Gasteiger partial charge in [0, 0.05) is 5.69 Å². The maximum absolute atomic E-state index is 5.16. The molecule has 0 fully saturated rings. The van der Waals surface area contributed by atoms with E-state index in [1.54, 1.807) is 0 Å². The Morgan fingerprint density at radius 1 is 1.50 bits per heavy atom. The number of nitrogens with two attached hydrogens (primary N) is 1. The average molecular weight is 191 g/mol. The lowest BCUT2D eigenvalue weighted by Crippen LogP contribution is -2.28. The largest absolute Gasteiger partial charge is 0.371 e. The number of aryl methyl sites for hydroxylation is 1. The zero-order valence-corrected chi connectivity index (χ0v) is 7.96. The number of hydrazine groups is 1. The molecule has 0 saturated carbocycles. The van der Waals surface area contributed by atoms with Crippen LogP contribution in [0.5, 0.6) is 0 Å². The maximum atomic E-state index is 5.16. The topological polar surface area (TPSA) is 78.8 Å². The molecule has 5 nitrogen and oxygen atoms in total. The van der Waals surface area contributed by atoms with Gasteiger partial charge in [-0.15, -0.1) is 0 Å². The Morgan fingerprint density at radius 3 is 3.14 bits per heavy atom. The zero-order chi connectivity index (χ0) is 9.97. The second-order valence-electron chi connectivity index (χ2n) is 3.11. The Bertz CT molecular complexity index is 434. The molecule has 0 aliphatic heterocycles. The van der Waals surface area contributed by atoms with Gasteiger partial charge in [-0.1, -0.05) is 0 Å². The third kappa shape index (κ3) is 1.68. The number of H-pyrrole nitrogens is 1. The Labute approximate surface area is 81.7 Å². The van der Waals surface area contributed by atoms with Gasteiger partial charge in [-0.25, -0.2) is 10.4 Å². The van der Waals surface area contributed by atoms with Crippen molar-refractivity contribution in [3.05, 3.63) is 24.0 Å². The van der Waals surface area contributed by atoms with E-state index >= 15 is 0 Å². The minimum absolute atomic E-state index is 0.540. The summed E-state index contributed by atoms with van der Waals surface area (Å²) in [5.41, 5.74) is 5.56. The molecule has 0 aliphatic rings. The van der Waals surface area contributed by atoms with Crippen molar-refractivity contribution in [3.8, 4) is 0 Å². The first-order valence-corrected chi connectivity index (χ1v) is 4.43. The van der Waals surface area contributed by atoms with Gasteiger partial charge in [0.05, 0.1) is 17.7 Å². The molecule has 0 amide bonds. The normalized spacial score (nSPS) is 10.7. The summed E-state index contributed by atoms with van der Waals surface area (Å²) in [6, 6.07) is 5.95. The van der Waals surface area contributed by atoms with Crippen LogP contribution in [0.4, 0.5) is 5.69 Å².